The first-order chi connectivity index (χ1) is 17.5. The van der Waals surface area contributed by atoms with Crippen LogP contribution >= 0.6 is 0 Å². The molecule has 3 aromatic rings. The first kappa shape index (κ1) is 24.0. The number of nitrogens with one attached hydrogen (secondary N) is 1. The molecule has 0 aromatic heterocycles. The van der Waals surface area contributed by atoms with Gasteiger partial charge in [-0.25, -0.2) is 14.1 Å². The highest BCUT2D eigenvalue weighted by Gasteiger charge is 2.53. The molecule has 3 aromatic carbocycles. The summed E-state index contributed by atoms with van der Waals surface area (Å²) < 4.78 is 19.1. The minimum absolute atomic E-state index is 0.212. The standard InChI is InChI=1S/C28H29FN4O3/c1-36-25-13-12-24(29)18-21(25)19-31-14-16-32(17-15-31)20-33-26(34)28(30-27(33)35,22-8-4-2-5-9-22)23-10-6-3-7-11-23/h2-13,18H,14-17,19-20H2,1H3,(H,30,35). The highest BCUT2D eigenvalue weighted by Crippen LogP contribution is 2.36. The molecule has 3 amide bonds. The molecule has 1 N–H and O–H groups in total. The minimum Gasteiger partial charge on any atom is -0.496 e. The number of methoxy groups -OCH3 is 1. The van der Waals surface area contributed by atoms with Crippen molar-refractivity contribution < 1.29 is 18.7 Å². The van der Waals surface area contributed by atoms with Gasteiger partial charge in [0.05, 0.1) is 13.8 Å². The molecule has 5 rings (SSSR count). The van der Waals surface area contributed by atoms with Crippen LogP contribution in [0.1, 0.15) is 16.7 Å². The molecule has 2 saturated heterocycles. The van der Waals surface area contributed by atoms with E-state index in [4.69, 9.17) is 4.74 Å². The molecule has 2 heterocycles. The van der Waals surface area contributed by atoms with Gasteiger partial charge >= 0.3 is 6.03 Å². The Morgan fingerprint density at radius 1 is 0.861 bits per heavy atom. The predicted molar refractivity (Wildman–Crippen MR) is 134 cm³/mol. The van der Waals surface area contributed by atoms with Crippen LogP contribution in [0.4, 0.5) is 9.18 Å². The Hall–Kier alpha value is -3.75. The Labute approximate surface area is 210 Å². The van der Waals surface area contributed by atoms with Crippen molar-refractivity contribution in [2.75, 3.05) is 40.0 Å². The molecule has 0 bridgehead atoms. The lowest BCUT2D eigenvalue weighted by molar-refractivity contribution is -0.132. The molecule has 0 aliphatic carbocycles. The third-order valence-corrected chi connectivity index (χ3v) is 6.96. The topological polar surface area (TPSA) is 65.1 Å². The normalized spacial score (nSPS) is 18.3. The molecule has 0 radical (unpaired) electrons. The smallest absolute Gasteiger partial charge is 0.326 e. The van der Waals surface area contributed by atoms with Gasteiger partial charge in [-0.3, -0.25) is 14.6 Å². The van der Waals surface area contributed by atoms with Crippen LogP contribution in [0, 0.1) is 5.82 Å². The fourth-order valence-corrected chi connectivity index (χ4v) is 5.04. The lowest BCUT2D eigenvalue weighted by Gasteiger charge is -2.36. The summed E-state index contributed by atoms with van der Waals surface area (Å²) in [4.78, 5) is 32.6. The zero-order valence-electron chi connectivity index (χ0n) is 20.2. The lowest BCUT2D eigenvalue weighted by Crippen LogP contribution is -2.51. The maximum absolute atomic E-state index is 13.9. The van der Waals surface area contributed by atoms with E-state index in [2.05, 4.69) is 15.1 Å². The monoisotopic (exact) mass is 488 g/mol. The zero-order chi connectivity index (χ0) is 25.1. The number of hydrogen-bond acceptors (Lipinski definition) is 5. The number of nitrogens with zero attached hydrogens (tertiary/aromatic N) is 3. The summed E-state index contributed by atoms with van der Waals surface area (Å²) >= 11 is 0. The number of hydrogen-bond donors (Lipinski definition) is 1. The van der Waals surface area contributed by atoms with Crippen LogP contribution in [0.25, 0.3) is 0 Å². The van der Waals surface area contributed by atoms with Gasteiger partial charge in [-0.1, -0.05) is 60.7 Å². The van der Waals surface area contributed by atoms with Crippen molar-refractivity contribution in [2.24, 2.45) is 0 Å². The second kappa shape index (κ2) is 10.1. The van der Waals surface area contributed by atoms with Gasteiger partial charge in [0.15, 0.2) is 5.54 Å². The van der Waals surface area contributed by atoms with E-state index in [0.717, 1.165) is 29.8 Å². The van der Waals surface area contributed by atoms with Crippen LogP contribution < -0.4 is 10.1 Å². The summed E-state index contributed by atoms with van der Waals surface area (Å²) in [6, 6.07) is 22.9. The Balaban J connectivity index is 1.29. The van der Waals surface area contributed by atoms with Crippen LogP contribution in [0.5, 0.6) is 5.75 Å². The Kier molecular flexibility index (Phi) is 6.71. The molecular weight excluding hydrogens is 459 g/mol. The molecule has 2 fully saturated rings. The summed E-state index contributed by atoms with van der Waals surface area (Å²) in [5.74, 6) is 0.0939. The van der Waals surface area contributed by atoms with Gasteiger partial charge in [0.2, 0.25) is 0 Å². The average molecular weight is 489 g/mol. The zero-order valence-corrected chi connectivity index (χ0v) is 20.2. The number of carbonyl (C=O) groups excluding carboxylic acids is 2. The quantitative estimate of drug-likeness (QED) is 0.517. The number of piperazine rings is 1. The molecule has 0 saturated carbocycles. The molecule has 186 valence electrons. The number of carbonyl (C=O) groups is 2. The van der Waals surface area contributed by atoms with E-state index < -0.39 is 11.6 Å². The third kappa shape index (κ3) is 4.45. The molecule has 0 atom stereocenters. The molecule has 8 heteroatoms. The first-order valence-corrected chi connectivity index (χ1v) is 12.0. The molecule has 36 heavy (non-hydrogen) atoms. The van der Waals surface area contributed by atoms with Crippen LogP contribution in [-0.4, -0.2) is 66.6 Å². The summed E-state index contributed by atoms with van der Waals surface area (Å²) in [5, 5.41) is 3.00. The van der Waals surface area contributed by atoms with Crippen molar-refractivity contribution in [1.82, 2.24) is 20.0 Å². The number of halogens is 1. The van der Waals surface area contributed by atoms with E-state index in [1.165, 1.54) is 17.0 Å². The van der Waals surface area contributed by atoms with E-state index in [1.807, 2.05) is 60.7 Å². The second-order valence-electron chi connectivity index (χ2n) is 9.14. The van der Waals surface area contributed by atoms with E-state index in [0.29, 0.717) is 25.4 Å². The number of ether oxygens (including phenoxy) is 1. The molecule has 7 nitrogen and oxygen atoms in total. The molecule has 2 aliphatic heterocycles. The maximum Gasteiger partial charge on any atom is 0.326 e. The predicted octanol–water partition coefficient (Wildman–Crippen LogP) is 3.41. The first-order valence-electron chi connectivity index (χ1n) is 12.0. The molecule has 0 spiro atoms. The van der Waals surface area contributed by atoms with Crippen LogP contribution in [0.3, 0.4) is 0 Å². The van der Waals surface area contributed by atoms with Crippen molar-refractivity contribution >= 4 is 11.9 Å². The highest BCUT2D eigenvalue weighted by molar-refractivity contribution is 6.09. The summed E-state index contributed by atoms with van der Waals surface area (Å²) in [5.41, 5.74) is 1.00. The van der Waals surface area contributed by atoms with E-state index >= 15 is 0 Å². The van der Waals surface area contributed by atoms with Gasteiger partial charge in [0.25, 0.3) is 5.91 Å². The summed E-state index contributed by atoms with van der Waals surface area (Å²) in [6.07, 6.45) is 0. The number of urea groups is 1. The van der Waals surface area contributed by atoms with Gasteiger partial charge in [0, 0.05) is 38.3 Å². The van der Waals surface area contributed by atoms with Crippen molar-refractivity contribution in [3.8, 4) is 5.75 Å². The number of imide groups is 1. The number of benzene rings is 3. The summed E-state index contributed by atoms with van der Waals surface area (Å²) in [7, 11) is 1.58. The molecular formula is C28H29FN4O3. The van der Waals surface area contributed by atoms with Gasteiger partial charge in [-0.05, 0) is 29.3 Å². The number of rotatable bonds is 7. The lowest BCUT2D eigenvalue weighted by atomic mass is 9.83. The fourth-order valence-electron chi connectivity index (χ4n) is 5.04. The maximum atomic E-state index is 13.9. The van der Waals surface area contributed by atoms with Crippen molar-refractivity contribution in [3.05, 3.63) is 101 Å². The highest BCUT2D eigenvalue weighted by atomic mass is 19.1. The van der Waals surface area contributed by atoms with Crippen molar-refractivity contribution in [3.63, 3.8) is 0 Å². The van der Waals surface area contributed by atoms with Gasteiger partial charge < -0.3 is 10.1 Å². The SMILES string of the molecule is COc1ccc(F)cc1CN1CCN(CN2C(=O)NC(c3ccccc3)(c3ccccc3)C2=O)CC1. The third-order valence-electron chi connectivity index (χ3n) is 6.96. The Bertz CT molecular complexity index is 1190. The van der Waals surface area contributed by atoms with Gasteiger partial charge in [-0.15, -0.1) is 0 Å². The van der Waals surface area contributed by atoms with Crippen LogP contribution in [-0.2, 0) is 16.9 Å². The second-order valence-corrected chi connectivity index (χ2v) is 9.14. The molecule has 2 aliphatic rings. The van der Waals surface area contributed by atoms with Crippen molar-refractivity contribution in [1.29, 1.82) is 0 Å². The van der Waals surface area contributed by atoms with Crippen molar-refractivity contribution in [2.45, 2.75) is 12.1 Å². The molecule has 0 unspecified atom stereocenters. The Morgan fingerprint density at radius 3 is 2.03 bits per heavy atom. The van der Waals surface area contributed by atoms with E-state index in [9.17, 15) is 14.0 Å². The van der Waals surface area contributed by atoms with Gasteiger partial charge in [-0.2, -0.15) is 0 Å². The average Bonchev–Trinajstić information content (AvgIpc) is 3.16. The van der Waals surface area contributed by atoms with E-state index in [-0.39, 0.29) is 18.4 Å². The van der Waals surface area contributed by atoms with Crippen LogP contribution in [0.2, 0.25) is 0 Å². The summed E-state index contributed by atoms with van der Waals surface area (Å²) in [6.45, 7) is 3.60. The van der Waals surface area contributed by atoms with Crippen LogP contribution in [0.15, 0.2) is 78.9 Å². The Morgan fingerprint density at radius 2 is 1.44 bits per heavy atom. The van der Waals surface area contributed by atoms with Gasteiger partial charge in [0.1, 0.15) is 11.6 Å². The largest absolute Gasteiger partial charge is 0.496 e. The number of amides is 3. The van der Waals surface area contributed by atoms with E-state index in [1.54, 1.807) is 13.2 Å². The minimum atomic E-state index is -1.25. The fraction of sp³-hybridized carbons (Fsp3) is 0.286.